The number of carbonyl (C=O) groups is 2. The predicted molar refractivity (Wildman–Crippen MR) is 80.5 cm³/mol. The molecular formula is C12H17N3O3S2. The van der Waals surface area contributed by atoms with Crippen LogP contribution in [-0.4, -0.2) is 57.8 Å². The Balaban J connectivity index is 2.13. The van der Waals surface area contributed by atoms with E-state index in [9.17, 15) is 14.7 Å². The van der Waals surface area contributed by atoms with E-state index in [1.807, 2.05) is 6.92 Å². The molecule has 2 N–H and O–H groups in total. The van der Waals surface area contributed by atoms with Gasteiger partial charge in [-0.15, -0.1) is 11.8 Å². The van der Waals surface area contributed by atoms with Crippen LogP contribution in [0.2, 0.25) is 0 Å². The monoisotopic (exact) mass is 315 g/mol. The SMILES string of the molecule is CC[C@H]1C(=O)N2C(C(=O)O)=C(SCC(=N)N(C)C)S[C@H]12. The van der Waals surface area contributed by atoms with Gasteiger partial charge in [-0.3, -0.25) is 15.1 Å². The van der Waals surface area contributed by atoms with E-state index in [0.717, 1.165) is 6.42 Å². The molecule has 0 aromatic heterocycles. The standard InChI is InChI=1S/C12H17N3O3S2/c1-4-6-9(16)15-8(11(17)18)12(20-10(6)15)19-5-7(13)14(2)3/h6,10,13H,4-5H2,1-3H3,(H,17,18)/t6-,10+/m0/s1. The number of amidine groups is 1. The van der Waals surface area contributed by atoms with Crippen molar-refractivity contribution in [2.45, 2.75) is 18.7 Å². The van der Waals surface area contributed by atoms with Crippen molar-refractivity contribution in [3.8, 4) is 0 Å². The fourth-order valence-electron chi connectivity index (χ4n) is 2.09. The molecule has 2 atom stereocenters. The van der Waals surface area contributed by atoms with E-state index in [0.29, 0.717) is 15.8 Å². The third kappa shape index (κ3) is 2.42. The van der Waals surface area contributed by atoms with Gasteiger partial charge in [0.15, 0.2) is 5.70 Å². The van der Waals surface area contributed by atoms with E-state index in [-0.39, 0.29) is 22.9 Å². The first-order chi connectivity index (χ1) is 9.38. The summed E-state index contributed by atoms with van der Waals surface area (Å²) >= 11 is 2.76. The Bertz CT molecular complexity index is 504. The van der Waals surface area contributed by atoms with E-state index < -0.39 is 5.97 Å². The van der Waals surface area contributed by atoms with Crippen molar-refractivity contribution in [1.29, 1.82) is 5.41 Å². The van der Waals surface area contributed by atoms with Crippen molar-refractivity contribution in [2.24, 2.45) is 5.92 Å². The van der Waals surface area contributed by atoms with Gasteiger partial charge < -0.3 is 10.0 Å². The number of carboxylic acid groups (broad SMARTS) is 1. The molecule has 110 valence electrons. The number of rotatable bonds is 5. The molecule has 0 saturated carbocycles. The van der Waals surface area contributed by atoms with Gasteiger partial charge in [0.1, 0.15) is 5.84 Å². The highest BCUT2D eigenvalue weighted by atomic mass is 32.2. The summed E-state index contributed by atoms with van der Waals surface area (Å²) in [6, 6.07) is 0. The first-order valence-corrected chi connectivity index (χ1v) is 8.09. The Morgan fingerprint density at radius 3 is 2.70 bits per heavy atom. The lowest BCUT2D eigenvalue weighted by atomic mass is 9.95. The van der Waals surface area contributed by atoms with Crippen LogP contribution >= 0.6 is 23.5 Å². The van der Waals surface area contributed by atoms with Crippen LogP contribution in [0.5, 0.6) is 0 Å². The Morgan fingerprint density at radius 1 is 1.55 bits per heavy atom. The number of carbonyl (C=O) groups excluding carboxylic acids is 1. The highest BCUT2D eigenvalue weighted by Gasteiger charge is 2.55. The number of fused-ring (bicyclic) bond motifs is 1. The van der Waals surface area contributed by atoms with Gasteiger partial charge in [-0.2, -0.15) is 0 Å². The zero-order valence-electron chi connectivity index (χ0n) is 11.5. The lowest BCUT2D eigenvalue weighted by molar-refractivity contribution is -0.151. The normalized spacial score (nSPS) is 24.6. The predicted octanol–water partition coefficient (Wildman–Crippen LogP) is 1.45. The lowest BCUT2D eigenvalue weighted by Gasteiger charge is -2.41. The van der Waals surface area contributed by atoms with Gasteiger partial charge in [0.25, 0.3) is 0 Å². The van der Waals surface area contributed by atoms with E-state index >= 15 is 0 Å². The maximum Gasteiger partial charge on any atom is 0.354 e. The Labute approximate surface area is 126 Å². The molecule has 0 aliphatic carbocycles. The minimum Gasteiger partial charge on any atom is -0.477 e. The summed E-state index contributed by atoms with van der Waals surface area (Å²) in [5, 5.41) is 17.0. The van der Waals surface area contributed by atoms with Crippen LogP contribution in [0.1, 0.15) is 13.3 Å². The number of nitrogens with one attached hydrogen (secondary N) is 1. The molecule has 2 aliphatic rings. The van der Waals surface area contributed by atoms with Crippen molar-refractivity contribution >= 4 is 41.2 Å². The fourth-order valence-corrected chi connectivity index (χ4v) is 4.99. The quantitative estimate of drug-likeness (QED) is 0.454. The second-order valence-corrected chi connectivity index (χ2v) is 7.17. The number of aliphatic carboxylic acids is 1. The zero-order valence-corrected chi connectivity index (χ0v) is 13.2. The maximum absolute atomic E-state index is 11.9. The number of β-lactam (4-membered cyclic amide) rings is 1. The Kier molecular flexibility index (Phi) is 4.33. The van der Waals surface area contributed by atoms with E-state index in [1.54, 1.807) is 19.0 Å². The number of nitrogens with zero attached hydrogens (tertiary/aromatic N) is 2. The molecule has 0 aromatic rings. The molecule has 6 nitrogen and oxygen atoms in total. The molecule has 0 unspecified atom stereocenters. The van der Waals surface area contributed by atoms with Gasteiger partial charge >= 0.3 is 5.97 Å². The van der Waals surface area contributed by atoms with Gasteiger partial charge in [-0.1, -0.05) is 18.7 Å². The van der Waals surface area contributed by atoms with Gasteiger partial charge in [0, 0.05) is 14.1 Å². The molecule has 2 aliphatic heterocycles. The summed E-state index contributed by atoms with van der Waals surface area (Å²) in [6.07, 6.45) is 0.728. The zero-order chi connectivity index (χ0) is 15.0. The molecule has 0 spiro atoms. The van der Waals surface area contributed by atoms with Crippen molar-refractivity contribution in [2.75, 3.05) is 19.8 Å². The smallest absolute Gasteiger partial charge is 0.354 e. The van der Waals surface area contributed by atoms with E-state index in [1.165, 1.54) is 28.4 Å². The highest BCUT2D eigenvalue weighted by Crippen LogP contribution is 2.53. The van der Waals surface area contributed by atoms with Crippen molar-refractivity contribution < 1.29 is 14.7 Å². The average molecular weight is 315 g/mol. The molecule has 2 heterocycles. The van der Waals surface area contributed by atoms with Crippen LogP contribution in [0, 0.1) is 11.3 Å². The van der Waals surface area contributed by atoms with Crippen LogP contribution in [-0.2, 0) is 9.59 Å². The van der Waals surface area contributed by atoms with Crippen LogP contribution in [0.25, 0.3) is 0 Å². The third-order valence-electron chi connectivity index (χ3n) is 3.34. The van der Waals surface area contributed by atoms with Gasteiger partial charge in [0.2, 0.25) is 5.91 Å². The van der Waals surface area contributed by atoms with Crippen molar-refractivity contribution in [1.82, 2.24) is 9.80 Å². The second kappa shape index (κ2) is 5.69. The molecule has 2 rings (SSSR count). The number of amides is 1. The molecule has 0 aromatic carbocycles. The van der Waals surface area contributed by atoms with Gasteiger partial charge in [-0.05, 0) is 6.42 Å². The average Bonchev–Trinajstić information content (AvgIpc) is 2.71. The number of carboxylic acids is 1. The highest BCUT2D eigenvalue weighted by molar-refractivity contribution is 8.23. The number of thioether (sulfide) groups is 2. The molecule has 0 bridgehead atoms. The van der Waals surface area contributed by atoms with Crippen LogP contribution in [0.4, 0.5) is 0 Å². The number of hydrogen-bond acceptors (Lipinski definition) is 5. The molecule has 1 saturated heterocycles. The minimum absolute atomic E-state index is 0.0744. The molecule has 20 heavy (non-hydrogen) atoms. The van der Waals surface area contributed by atoms with Gasteiger partial charge in [0.05, 0.1) is 21.3 Å². The minimum atomic E-state index is -1.07. The maximum atomic E-state index is 11.9. The lowest BCUT2D eigenvalue weighted by Crippen LogP contribution is -2.56. The summed E-state index contributed by atoms with van der Waals surface area (Å²) in [4.78, 5) is 26.4. The number of hydrogen-bond donors (Lipinski definition) is 2. The molecule has 8 heteroatoms. The first-order valence-electron chi connectivity index (χ1n) is 6.23. The molecule has 0 radical (unpaired) electrons. The summed E-state index contributed by atoms with van der Waals surface area (Å²) in [7, 11) is 3.56. The van der Waals surface area contributed by atoms with E-state index in [2.05, 4.69) is 0 Å². The molecule has 1 amide bonds. The summed E-state index contributed by atoms with van der Waals surface area (Å²) in [5.74, 6) is -0.429. The van der Waals surface area contributed by atoms with Crippen LogP contribution in [0.3, 0.4) is 0 Å². The topological polar surface area (TPSA) is 84.7 Å². The van der Waals surface area contributed by atoms with Gasteiger partial charge in [-0.25, -0.2) is 4.79 Å². The summed E-state index contributed by atoms with van der Waals surface area (Å²) in [6.45, 7) is 1.94. The van der Waals surface area contributed by atoms with Crippen LogP contribution < -0.4 is 0 Å². The largest absolute Gasteiger partial charge is 0.477 e. The summed E-state index contributed by atoms with van der Waals surface area (Å²) in [5.41, 5.74) is 0.0891. The first kappa shape index (κ1) is 15.2. The third-order valence-corrected chi connectivity index (χ3v) is 6.04. The van der Waals surface area contributed by atoms with Crippen LogP contribution in [0.15, 0.2) is 9.93 Å². The molecular weight excluding hydrogens is 298 g/mol. The second-order valence-electron chi connectivity index (χ2n) is 4.80. The van der Waals surface area contributed by atoms with E-state index in [4.69, 9.17) is 5.41 Å². The Morgan fingerprint density at radius 2 is 2.20 bits per heavy atom. The van der Waals surface area contributed by atoms with Crippen molar-refractivity contribution in [3.05, 3.63) is 9.93 Å². The summed E-state index contributed by atoms with van der Waals surface area (Å²) < 4.78 is 0.637. The fraction of sp³-hybridized carbons (Fsp3) is 0.583. The van der Waals surface area contributed by atoms with Crippen molar-refractivity contribution in [3.63, 3.8) is 0 Å². The Hall–Kier alpha value is -1.15. The molecule has 1 fully saturated rings.